The highest BCUT2D eigenvalue weighted by Gasteiger charge is 2.47. The number of hydrogen-bond acceptors (Lipinski definition) is 6. The first-order valence-corrected chi connectivity index (χ1v) is 14.0. The van der Waals surface area contributed by atoms with Crippen molar-refractivity contribution < 1.29 is 9.59 Å². The van der Waals surface area contributed by atoms with Crippen LogP contribution in [0.2, 0.25) is 0 Å². The zero-order valence-electron chi connectivity index (χ0n) is 22.3. The van der Waals surface area contributed by atoms with Crippen molar-refractivity contribution >= 4 is 34.6 Å². The van der Waals surface area contributed by atoms with Crippen LogP contribution in [0.1, 0.15) is 49.9 Å². The van der Waals surface area contributed by atoms with Gasteiger partial charge in [-0.15, -0.1) is 0 Å². The Labute approximate surface area is 237 Å². The normalized spacial score (nSPS) is 20.1. The number of aromatic nitrogens is 2. The number of carbonyl (C=O) groups excluding carboxylic acids is 2. The third-order valence-electron chi connectivity index (χ3n) is 8.50. The van der Waals surface area contributed by atoms with E-state index in [4.69, 9.17) is 20.0 Å². The predicted octanol–water partition coefficient (Wildman–Crippen LogP) is 4.57. The van der Waals surface area contributed by atoms with E-state index in [9.17, 15) is 9.59 Å². The number of piperazine rings is 1. The van der Waals surface area contributed by atoms with Crippen LogP contribution in [0.5, 0.6) is 0 Å². The van der Waals surface area contributed by atoms with Crippen molar-refractivity contribution in [2.24, 2.45) is 9.98 Å². The average molecular weight is 539 g/mol. The Bertz CT molecular complexity index is 1680. The second kappa shape index (κ2) is 9.30. The van der Waals surface area contributed by atoms with Crippen LogP contribution >= 0.6 is 0 Å². The number of rotatable bonds is 4. The summed E-state index contributed by atoms with van der Waals surface area (Å²) in [7, 11) is 0. The molecule has 0 N–H and O–H groups in total. The topological polar surface area (TPSA) is 91.1 Å². The maximum atomic E-state index is 13.5. The Hall–Kier alpha value is -4.98. The fourth-order valence-corrected chi connectivity index (χ4v) is 6.45. The molecule has 4 aromatic rings. The lowest BCUT2D eigenvalue weighted by Crippen LogP contribution is -2.51. The van der Waals surface area contributed by atoms with Crippen molar-refractivity contribution in [2.75, 3.05) is 13.1 Å². The first-order valence-electron chi connectivity index (χ1n) is 14.0. The summed E-state index contributed by atoms with van der Waals surface area (Å²) in [6, 6.07) is 27.2. The number of hydrogen-bond donors (Lipinski definition) is 0. The molecule has 8 nitrogen and oxygen atoms in total. The third kappa shape index (κ3) is 4.06. The van der Waals surface area contributed by atoms with E-state index in [1.54, 1.807) is 12.1 Å². The van der Waals surface area contributed by atoms with Gasteiger partial charge in [0.1, 0.15) is 11.4 Å². The molecule has 2 fully saturated rings. The Morgan fingerprint density at radius 3 is 1.49 bits per heavy atom. The van der Waals surface area contributed by atoms with E-state index in [1.165, 1.54) is 11.1 Å². The van der Waals surface area contributed by atoms with Gasteiger partial charge in [0.15, 0.2) is 0 Å². The second-order valence-electron chi connectivity index (χ2n) is 11.0. The van der Waals surface area contributed by atoms with E-state index in [2.05, 4.69) is 12.1 Å². The number of amides is 2. The number of carbonyl (C=O) groups is 2. The molecule has 8 rings (SSSR count). The average Bonchev–Trinajstić information content (AvgIpc) is 3.82. The molecular formula is C33H26N6O2. The molecule has 2 aromatic heterocycles. The van der Waals surface area contributed by atoms with Gasteiger partial charge in [0, 0.05) is 25.9 Å². The van der Waals surface area contributed by atoms with Gasteiger partial charge in [-0.05, 0) is 53.9 Å². The molecule has 0 radical (unpaired) electrons. The Morgan fingerprint density at radius 2 is 1.05 bits per heavy atom. The summed E-state index contributed by atoms with van der Waals surface area (Å²) in [6.45, 7) is 0.991. The van der Waals surface area contributed by atoms with E-state index in [-0.39, 0.29) is 23.9 Å². The number of pyridine rings is 2. The van der Waals surface area contributed by atoms with Gasteiger partial charge in [-0.3, -0.25) is 19.6 Å². The highest BCUT2D eigenvalue weighted by atomic mass is 16.2. The largest absolute Gasteiger partial charge is 0.330 e. The van der Waals surface area contributed by atoms with Crippen molar-refractivity contribution in [1.29, 1.82) is 0 Å². The summed E-state index contributed by atoms with van der Waals surface area (Å²) in [5, 5.41) is 0. The van der Waals surface area contributed by atoms with E-state index in [1.807, 2.05) is 70.5 Å². The smallest absolute Gasteiger partial charge is 0.272 e. The number of aliphatic imine (C=N–C) groups is 2. The molecule has 2 amide bonds. The summed E-state index contributed by atoms with van der Waals surface area (Å²) >= 11 is 0. The molecule has 4 aliphatic heterocycles. The van der Waals surface area contributed by atoms with Crippen LogP contribution in [-0.2, 0) is 12.8 Å². The van der Waals surface area contributed by atoms with Gasteiger partial charge < -0.3 is 9.80 Å². The van der Waals surface area contributed by atoms with E-state index in [0.717, 1.165) is 40.6 Å². The van der Waals surface area contributed by atoms with Crippen LogP contribution in [-0.4, -0.2) is 68.2 Å². The molecule has 2 atom stereocenters. The lowest BCUT2D eigenvalue weighted by Gasteiger charge is -2.34. The summed E-state index contributed by atoms with van der Waals surface area (Å²) in [5.41, 5.74) is 8.31. The monoisotopic (exact) mass is 538 g/mol. The molecule has 2 aromatic carbocycles. The summed E-state index contributed by atoms with van der Waals surface area (Å²) < 4.78 is 0. The zero-order valence-corrected chi connectivity index (χ0v) is 22.3. The fraction of sp³-hybridized carbons (Fsp3) is 0.212. The van der Waals surface area contributed by atoms with Gasteiger partial charge in [-0.2, -0.15) is 0 Å². The molecule has 2 saturated heterocycles. The number of likely N-dealkylation sites (tertiary alicyclic amines) is 2. The maximum absolute atomic E-state index is 13.5. The fourth-order valence-electron chi connectivity index (χ4n) is 6.45. The first-order chi connectivity index (χ1) is 20.1. The van der Waals surface area contributed by atoms with Crippen molar-refractivity contribution in [3.63, 3.8) is 0 Å². The molecule has 2 unspecified atom stereocenters. The lowest BCUT2D eigenvalue weighted by molar-refractivity contribution is 0.0520. The Morgan fingerprint density at radius 1 is 0.585 bits per heavy atom. The van der Waals surface area contributed by atoms with E-state index >= 15 is 0 Å². The van der Waals surface area contributed by atoms with Gasteiger partial charge in [-0.25, -0.2) is 9.97 Å². The van der Waals surface area contributed by atoms with Crippen molar-refractivity contribution in [2.45, 2.75) is 31.3 Å². The minimum absolute atomic E-state index is 0.0353. The van der Waals surface area contributed by atoms with Gasteiger partial charge in [0.05, 0.1) is 46.3 Å². The SMILES string of the molecule is O=C(c1cccc(C2=Nc3ccccc3C2)n1)N1CC2CC1CN2C(=O)c1cccc(C2=Nc3ccccc3C2)n1. The molecule has 6 heterocycles. The summed E-state index contributed by atoms with van der Waals surface area (Å²) in [4.78, 5) is 49.7. The van der Waals surface area contributed by atoms with Crippen LogP contribution < -0.4 is 0 Å². The second-order valence-corrected chi connectivity index (χ2v) is 11.0. The molecule has 200 valence electrons. The van der Waals surface area contributed by atoms with Crippen LogP contribution in [0.3, 0.4) is 0 Å². The third-order valence-corrected chi connectivity index (χ3v) is 8.50. The van der Waals surface area contributed by atoms with E-state index < -0.39 is 0 Å². The van der Waals surface area contributed by atoms with Crippen LogP contribution in [0.4, 0.5) is 11.4 Å². The van der Waals surface area contributed by atoms with Crippen molar-refractivity contribution in [3.05, 3.63) is 119 Å². The molecule has 41 heavy (non-hydrogen) atoms. The molecular weight excluding hydrogens is 512 g/mol. The molecule has 0 aliphatic carbocycles. The quantitative estimate of drug-likeness (QED) is 0.381. The molecule has 8 heteroatoms. The molecule has 0 spiro atoms. The van der Waals surface area contributed by atoms with E-state index in [0.29, 0.717) is 37.3 Å². The number of fused-ring (bicyclic) bond motifs is 4. The number of para-hydroxylation sites is 2. The highest BCUT2D eigenvalue weighted by Crippen LogP contribution is 2.34. The Balaban J connectivity index is 0.961. The van der Waals surface area contributed by atoms with Crippen LogP contribution in [0.15, 0.2) is 94.9 Å². The zero-order chi connectivity index (χ0) is 27.5. The van der Waals surface area contributed by atoms with Crippen molar-refractivity contribution in [3.8, 4) is 0 Å². The first kappa shape index (κ1) is 23.9. The van der Waals surface area contributed by atoms with Gasteiger partial charge in [-0.1, -0.05) is 48.5 Å². The number of benzene rings is 2. The van der Waals surface area contributed by atoms with Gasteiger partial charge >= 0.3 is 0 Å². The Kier molecular flexibility index (Phi) is 5.41. The summed E-state index contributed by atoms with van der Waals surface area (Å²) in [5.74, 6) is -0.192. The summed E-state index contributed by atoms with van der Waals surface area (Å²) in [6.07, 6.45) is 2.19. The molecule has 0 saturated carbocycles. The lowest BCUT2D eigenvalue weighted by atomic mass is 10.1. The minimum atomic E-state index is -0.0958. The van der Waals surface area contributed by atoms with Gasteiger partial charge in [0.2, 0.25) is 0 Å². The minimum Gasteiger partial charge on any atom is -0.330 e. The molecule has 2 bridgehead atoms. The van der Waals surface area contributed by atoms with Crippen LogP contribution in [0.25, 0.3) is 0 Å². The standard InChI is InChI=1S/C33H26N6O2/c40-32(28-13-5-11-26(36-28)30-15-20-7-1-3-9-24(20)34-30)38-18-23-17-22(38)19-39(23)33(41)29-14-6-12-27(37-29)31-16-21-8-2-4-10-25(21)35-31/h1-14,22-23H,15-19H2. The highest BCUT2D eigenvalue weighted by molar-refractivity contribution is 6.07. The van der Waals surface area contributed by atoms with Crippen LogP contribution in [0, 0.1) is 0 Å². The maximum Gasteiger partial charge on any atom is 0.272 e. The predicted molar refractivity (Wildman–Crippen MR) is 155 cm³/mol. The molecule has 4 aliphatic rings. The van der Waals surface area contributed by atoms with Crippen molar-refractivity contribution in [1.82, 2.24) is 19.8 Å². The van der Waals surface area contributed by atoms with Gasteiger partial charge in [0.25, 0.3) is 11.8 Å². The number of nitrogens with zero attached hydrogens (tertiary/aromatic N) is 6.